The Balaban J connectivity index is 1.73. The van der Waals surface area contributed by atoms with Crippen molar-refractivity contribution in [2.75, 3.05) is 18.5 Å². The molecule has 0 fully saturated rings. The number of sulfonamides is 1. The van der Waals surface area contributed by atoms with Gasteiger partial charge in [0.25, 0.3) is 0 Å². The molecule has 0 saturated heterocycles. The highest BCUT2D eigenvalue weighted by Gasteiger charge is 2.24. The summed E-state index contributed by atoms with van der Waals surface area (Å²) in [4.78, 5) is 24.8. The Hall–Kier alpha value is -2.71. The number of hydrogen-bond donors (Lipinski definition) is 2. The number of nitrogens with one attached hydrogen (secondary N) is 1. The molecule has 1 unspecified atom stereocenters. The molecule has 0 aromatic heterocycles. The largest absolute Gasteiger partial charge is 0.454 e. The van der Waals surface area contributed by atoms with E-state index in [1.165, 1.54) is 24.3 Å². The number of Topliss-reactive ketones (excluding diaryl/α,β-unsaturated/α-hetero) is 1. The fraction of sp³-hybridized carbons (Fsp3) is 0.300. The van der Waals surface area contributed by atoms with Gasteiger partial charge in [0.1, 0.15) is 0 Å². The van der Waals surface area contributed by atoms with Gasteiger partial charge in [0.2, 0.25) is 10.0 Å². The number of primary sulfonamides is 1. The number of anilines is 1. The van der Waals surface area contributed by atoms with E-state index >= 15 is 0 Å². The Morgan fingerprint density at radius 3 is 2.54 bits per heavy atom. The topological polar surface area (TPSA) is 116 Å². The number of ketones is 1. The van der Waals surface area contributed by atoms with Crippen molar-refractivity contribution in [1.29, 1.82) is 0 Å². The predicted molar refractivity (Wildman–Crippen MR) is 105 cm³/mol. The highest BCUT2D eigenvalue weighted by atomic mass is 32.2. The van der Waals surface area contributed by atoms with Gasteiger partial charge >= 0.3 is 5.97 Å². The second kappa shape index (κ2) is 7.73. The van der Waals surface area contributed by atoms with E-state index in [9.17, 15) is 18.0 Å². The Labute approximate surface area is 163 Å². The molecule has 0 radical (unpaired) electrons. The number of carbonyl (C=O) groups excluding carboxylic acids is 2. The van der Waals surface area contributed by atoms with Gasteiger partial charge in [0.15, 0.2) is 12.4 Å². The Kier molecular flexibility index (Phi) is 5.53. The number of esters is 1. The molecule has 3 rings (SSSR count). The highest BCUT2D eigenvalue weighted by molar-refractivity contribution is 7.89. The Morgan fingerprint density at radius 1 is 1.21 bits per heavy atom. The molecule has 2 aromatic carbocycles. The lowest BCUT2D eigenvalue weighted by atomic mass is 9.89. The molecular formula is C20H22N2O5S. The van der Waals surface area contributed by atoms with Crippen LogP contribution in [0.4, 0.5) is 5.69 Å². The van der Waals surface area contributed by atoms with E-state index in [-0.39, 0.29) is 10.5 Å². The van der Waals surface area contributed by atoms with E-state index in [0.717, 1.165) is 29.8 Å². The number of fused-ring (bicyclic) bond motifs is 1. The number of carbonyl (C=O) groups is 2. The number of hydrogen-bond acceptors (Lipinski definition) is 6. The molecule has 7 nitrogen and oxygen atoms in total. The van der Waals surface area contributed by atoms with E-state index in [1.807, 2.05) is 6.92 Å². The molecule has 1 aliphatic rings. The summed E-state index contributed by atoms with van der Waals surface area (Å²) in [5, 5.41) is 8.29. The van der Waals surface area contributed by atoms with Gasteiger partial charge in [-0.2, -0.15) is 0 Å². The van der Waals surface area contributed by atoms with Gasteiger partial charge in [-0.05, 0) is 60.7 Å². The van der Waals surface area contributed by atoms with Gasteiger partial charge < -0.3 is 10.1 Å². The van der Waals surface area contributed by atoms with Crippen LogP contribution in [0, 0.1) is 6.92 Å². The van der Waals surface area contributed by atoms with E-state index < -0.39 is 28.4 Å². The molecule has 148 valence electrons. The number of aryl methyl sites for hydroxylation is 1. The van der Waals surface area contributed by atoms with Crippen LogP contribution in [0.25, 0.3) is 0 Å². The van der Waals surface area contributed by atoms with E-state index in [0.29, 0.717) is 11.5 Å². The van der Waals surface area contributed by atoms with Crippen molar-refractivity contribution in [2.24, 2.45) is 5.14 Å². The third kappa shape index (κ3) is 4.23. The van der Waals surface area contributed by atoms with Crippen molar-refractivity contribution in [2.45, 2.75) is 31.1 Å². The number of benzene rings is 2. The van der Waals surface area contributed by atoms with Crippen LogP contribution in [0.3, 0.4) is 0 Å². The lowest BCUT2D eigenvalue weighted by molar-refractivity contribution is 0.0475. The molecule has 8 heteroatoms. The minimum absolute atomic E-state index is 0.0902. The molecule has 2 aromatic rings. The highest BCUT2D eigenvalue weighted by Crippen LogP contribution is 2.35. The van der Waals surface area contributed by atoms with Crippen LogP contribution in [0.1, 0.15) is 51.1 Å². The number of ether oxygens (including phenoxy) is 1. The molecule has 1 heterocycles. The molecule has 1 aliphatic heterocycles. The summed E-state index contributed by atoms with van der Waals surface area (Å²) in [6, 6.07) is 8.97. The lowest BCUT2D eigenvalue weighted by Crippen LogP contribution is -2.21. The third-order valence-corrected chi connectivity index (χ3v) is 5.71. The summed E-state index contributed by atoms with van der Waals surface area (Å²) in [6.45, 7) is 4.36. The maximum atomic E-state index is 12.6. The van der Waals surface area contributed by atoms with Crippen LogP contribution >= 0.6 is 0 Å². The summed E-state index contributed by atoms with van der Waals surface area (Å²) >= 11 is 0. The average Bonchev–Trinajstić information content (AvgIpc) is 2.65. The summed E-state index contributed by atoms with van der Waals surface area (Å²) in [6.07, 6.45) is 0.984. The predicted octanol–water partition coefficient (Wildman–Crippen LogP) is 2.60. The summed E-state index contributed by atoms with van der Waals surface area (Å²) in [5.74, 6) is -0.671. The number of rotatable bonds is 5. The first-order valence-corrected chi connectivity index (χ1v) is 10.4. The number of nitrogens with two attached hydrogens (primary N) is 1. The van der Waals surface area contributed by atoms with Crippen molar-refractivity contribution in [1.82, 2.24) is 0 Å². The fourth-order valence-electron chi connectivity index (χ4n) is 3.25. The summed E-state index contributed by atoms with van der Waals surface area (Å²) in [7, 11) is -3.83. The zero-order chi connectivity index (χ0) is 20.5. The van der Waals surface area contributed by atoms with Gasteiger partial charge in [0.05, 0.1) is 16.1 Å². The van der Waals surface area contributed by atoms with Gasteiger partial charge in [-0.15, -0.1) is 0 Å². The molecule has 0 spiro atoms. The maximum Gasteiger partial charge on any atom is 0.340 e. The van der Waals surface area contributed by atoms with Gasteiger partial charge in [-0.3, -0.25) is 4.79 Å². The van der Waals surface area contributed by atoms with Gasteiger partial charge in [-0.25, -0.2) is 18.4 Å². The van der Waals surface area contributed by atoms with Crippen molar-refractivity contribution in [3.05, 3.63) is 58.7 Å². The summed E-state index contributed by atoms with van der Waals surface area (Å²) < 4.78 is 27.8. The Morgan fingerprint density at radius 2 is 1.89 bits per heavy atom. The summed E-state index contributed by atoms with van der Waals surface area (Å²) in [5.41, 5.74) is 3.44. The smallest absolute Gasteiger partial charge is 0.340 e. The normalized spacial score (nSPS) is 16.0. The molecular weight excluding hydrogens is 380 g/mol. The lowest BCUT2D eigenvalue weighted by Gasteiger charge is -2.26. The molecule has 0 bridgehead atoms. The van der Waals surface area contributed by atoms with Crippen LogP contribution in [-0.2, 0) is 14.8 Å². The molecule has 0 aliphatic carbocycles. The monoisotopic (exact) mass is 402 g/mol. The minimum Gasteiger partial charge on any atom is -0.454 e. The van der Waals surface area contributed by atoms with Crippen LogP contribution in [0.2, 0.25) is 0 Å². The first kappa shape index (κ1) is 20.0. The second-order valence-electron chi connectivity index (χ2n) is 6.96. The molecule has 3 N–H and O–H groups in total. The first-order valence-electron chi connectivity index (χ1n) is 8.88. The average molecular weight is 402 g/mol. The molecule has 1 atom stereocenters. The quantitative estimate of drug-likeness (QED) is 0.587. The standard InChI is InChI=1S/C20H22N2O5S/c1-12-9-16-13(2)7-8-22-19(16)17(10-12)20(24)27-11-18(23)14-3-5-15(6-4-14)28(21,25)26/h3-6,9-10,13,22H,7-8,11H2,1-2H3,(H2,21,25,26). The van der Waals surface area contributed by atoms with E-state index in [2.05, 4.69) is 18.3 Å². The van der Waals surface area contributed by atoms with Crippen molar-refractivity contribution in [3.8, 4) is 0 Å². The van der Waals surface area contributed by atoms with Crippen LogP contribution in [0.15, 0.2) is 41.3 Å². The first-order chi connectivity index (χ1) is 13.2. The molecule has 0 amide bonds. The maximum absolute atomic E-state index is 12.6. The molecule has 0 saturated carbocycles. The zero-order valence-corrected chi connectivity index (χ0v) is 16.5. The van der Waals surface area contributed by atoms with Gasteiger partial charge in [-0.1, -0.05) is 13.0 Å². The minimum atomic E-state index is -3.83. The van der Waals surface area contributed by atoms with Crippen molar-refractivity contribution < 1.29 is 22.7 Å². The molecule has 28 heavy (non-hydrogen) atoms. The second-order valence-corrected chi connectivity index (χ2v) is 8.52. The van der Waals surface area contributed by atoms with E-state index in [4.69, 9.17) is 9.88 Å². The van der Waals surface area contributed by atoms with Crippen molar-refractivity contribution in [3.63, 3.8) is 0 Å². The van der Waals surface area contributed by atoms with Crippen LogP contribution < -0.4 is 10.5 Å². The third-order valence-electron chi connectivity index (χ3n) is 4.78. The van der Waals surface area contributed by atoms with Gasteiger partial charge in [0, 0.05) is 12.1 Å². The van der Waals surface area contributed by atoms with Crippen molar-refractivity contribution >= 4 is 27.5 Å². The van der Waals surface area contributed by atoms with E-state index in [1.54, 1.807) is 6.07 Å². The fourth-order valence-corrected chi connectivity index (χ4v) is 3.77. The van der Waals surface area contributed by atoms with Crippen LogP contribution in [-0.4, -0.2) is 33.3 Å². The van der Waals surface area contributed by atoms with Crippen LogP contribution in [0.5, 0.6) is 0 Å². The Bertz CT molecular complexity index is 1030. The zero-order valence-electron chi connectivity index (χ0n) is 15.7. The SMILES string of the molecule is Cc1cc(C(=O)OCC(=O)c2ccc(S(N)(=O)=O)cc2)c2c(c1)C(C)CCN2.